The first kappa shape index (κ1) is 9.71. The van der Waals surface area contributed by atoms with Crippen LogP contribution in [-0.4, -0.2) is 21.9 Å². The third kappa shape index (κ3) is 2.15. The molecule has 4 heteroatoms. The van der Waals surface area contributed by atoms with Crippen LogP contribution in [0.25, 0.3) is 0 Å². The number of alkyl halides is 1. The zero-order valence-electron chi connectivity index (χ0n) is 7.99. The maximum absolute atomic E-state index is 5.89. The summed E-state index contributed by atoms with van der Waals surface area (Å²) in [6.07, 6.45) is 8.81. The average molecular weight is 212 g/mol. The van der Waals surface area contributed by atoms with Crippen LogP contribution in [0.15, 0.2) is 18.6 Å². The molecule has 14 heavy (non-hydrogen) atoms. The fourth-order valence-corrected chi connectivity index (χ4v) is 2.34. The zero-order valence-corrected chi connectivity index (χ0v) is 8.74. The molecule has 1 saturated carbocycles. The van der Waals surface area contributed by atoms with Crippen LogP contribution >= 0.6 is 11.6 Å². The van der Waals surface area contributed by atoms with E-state index in [0.29, 0.717) is 12.0 Å². The molecule has 2 unspecified atom stereocenters. The molecule has 1 N–H and O–H groups in total. The van der Waals surface area contributed by atoms with Gasteiger partial charge in [-0.2, -0.15) is 0 Å². The molecule has 1 heterocycles. The van der Waals surface area contributed by atoms with Crippen LogP contribution in [0.1, 0.15) is 19.3 Å². The molecule has 1 aliphatic carbocycles. The summed E-state index contributed by atoms with van der Waals surface area (Å²) < 4.78 is 0. The number of nitrogens with one attached hydrogen (secondary N) is 1. The first-order valence-electron chi connectivity index (χ1n) is 4.98. The number of hydrogen-bond donors (Lipinski definition) is 1. The van der Waals surface area contributed by atoms with E-state index in [1.165, 1.54) is 19.3 Å². The molecule has 0 bridgehead atoms. The lowest BCUT2D eigenvalue weighted by molar-refractivity contribution is 0.561. The Labute approximate surface area is 88.9 Å². The number of aromatic nitrogens is 2. The predicted octanol–water partition coefficient (Wildman–Crippen LogP) is 2.30. The Morgan fingerprint density at radius 2 is 2.36 bits per heavy atom. The lowest BCUT2D eigenvalue weighted by Crippen LogP contribution is -2.25. The highest BCUT2D eigenvalue weighted by Gasteiger charge is 2.26. The van der Waals surface area contributed by atoms with Gasteiger partial charge < -0.3 is 5.32 Å². The van der Waals surface area contributed by atoms with Gasteiger partial charge in [0.25, 0.3) is 0 Å². The van der Waals surface area contributed by atoms with Gasteiger partial charge in [-0.1, -0.05) is 6.42 Å². The largest absolute Gasteiger partial charge is 0.366 e. The Balaban J connectivity index is 1.97. The maximum atomic E-state index is 5.89. The molecule has 0 aromatic carbocycles. The van der Waals surface area contributed by atoms with Crippen molar-refractivity contribution in [3.63, 3.8) is 0 Å². The molecule has 1 aromatic rings. The van der Waals surface area contributed by atoms with Crippen molar-refractivity contribution in [1.82, 2.24) is 9.97 Å². The van der Waals surface area contributed by atoms with E-state index in [0.717, 1.165) is 11.7 Å². The molecular formula is C10H14ClN3. The summed E-state index contributed by atoms with van der Waals surface area (Å²) in [6, 6.07) is 0.476. The van der Waals surface area contributed by atoms with Crippen molar-refractivity contribution in [1.29, 1.82) is 0 Å². The highest BCUT2D eigenvalue weighted by Crippen LogP contribution is 2.28. The topological polar surface area (TPSA) is 37.8 Å². The van der Waals surface area contributed by atoms with Crippen LogP contribution in [0.4, 0.5) is 5.82 Å². The van der Waals surface area contributed by atoms with Gasteiger partial charge in [-0.25, -0.2) is 4.98 Å². The lowest BCUT2D eigenvalue weighted by atomic mass is 10.1. The van der Waals surface area contributed by atoms with Gasteiger partial charge >= 0.3 is 0 Å². The van der Waals surface area contributed by atoms with Crippen LogP contribution < -0.4 is 5.32 Å². The van der Waals surface area contributed by atoms with Gasteiger partial charge in [-0.05, 0) is 18.8 Å². The third-order valence-corrected chi connectivity index (χ3v) is 3.15. The van der Waals surface area contributed by atoms with E-state index in [2.05, 4.69) is 15.3 Å². The van der Waals surface area contributed by atoms with Crippen molar-refractivity contribution in [2.24, 2.45) is 5.92 Å². The molecule has 3 nitrogen and oxygen atoms in total. The molecule has 1 fully saturated rings. The van der Waals surface area contributed by atoms with Gasteiger partial charge in [-0.15, -0.1) is 11.6 Å². The summed E-state index contributed by atoms with van der Waals surface area (Å²) in [6.45, 7) is 0. The standard InChI is InChI=1S/C10H14ClN3/c11-6-8-2-1-3-9(8)14-10-7-12-4-5-13-10/h4-5,7-9H,1-3,6H2,(H,13,14). The van der Waals surface area contributed by atoms with E-state index in [9.17, 15) is 0 Å². The van der Waals surface area contributed by atoms with Crippen LogP contribution in [0.2, 0.25) is 0 Å². The molecule has 0 radical (unpaired) electrons. The fourth-order valence-electron chi connectivity index (χ4n) is 1.98. The third-order valence-electron chi connectivity index (χ3n) is 2.75. The van der Waals surface area contributed by atoms with Gasteiger partial charge in [-0.3, -0.25) is 4.98 Å². The van der Waals surface area contributed by atoms with Crippen molar-refractivity contribution >= 4 is 17.4 Å². The van der Waals surface area contributed by atoms with Crippen LogP contribution in [0.3, 0.4) is 0 Å². The summed E-state index contributed by atoms with van der Waals surface area (Å²) in [5, 5.41) is 3.38. The Bertz CT molecular complexity index is 278. The van der Waals surface area contributed by atoms with E-state index in [1.54, 1.807) is 18.6 Å². The Hall–Kier alpha value is -0.830. The molecule has 1 aliphatic rings. The highest BCUT2D eigenvalue weighted by molar-refractivity contribution is 6.18. The Morgan fingerprint density at radius 1 is 1.43 bits per heavy atom. The van der Waals surface area contributed by atoms with E-state index in [4.69, 9.17) is 11.6 Å². The molecule has 0 spiro atoms. The first-order valence-corrected chi connectivity index (χ1v) is 5.52. The molecular weight excluding hydrogens is 198 g/mol. The van der Waals surface area contributed by atoms with Crippen molar-refractivity contribution < 1.29 is 0 Å². The minimum absolute atomic E-state index is 0.476. The zero-order chi connectivity index (χ0) is 9.80. The summed E-state index contributed by atoms with van der Waals surface area (Å²) >= 11 is 5.89. The van der Waals surface area contributed by atoms with E-state index in [1.807, 2.05) is 0 Å². The van der Waals surface area contributed by atoms with Gasteiger partial charge in [0.2, 0.25) is 0 Å². The second-order valence-corrected chi connectivity index (χ2v) is 4.00. The Morgan fingerprint density at radius 3 is 3.07 bits per heavy atom. The molecule has 1 aromatic heterocycles. The quantitative estimate of drug-likeness (QED) is 0.780. The number of rotatable bonds is 3. The van der Waals surface area contributed by atoms with E-state index < -0.39 is 0 Å². The SMILES string of the molecule is ClCC1CCCC1Nc1cnccn1. The summed E-state index contributed by atoms with van der Waals surface area (Å²) in [4.78, 5) is 8.21. The second-order valence-electron chi connectivity index (χ2n) is 3.69. The number of hydrogen-bond acceptors (Lipinski definition) is 3. The Kier molecular flexibility index (Phi) is 3.19. The monoisotopic (exact) mass is 211 g/mol. The minimum Gasteiger partial charge on any atom is -0.366 e. The van der Waals surface area contributed by atoms with E-state index in [-0.39, 0.29) is 0 Å². The minimum atomic E-state index is 0.476. The summed E-state index contributed by atoms with van der Waals surface area (Å²) in [5.41, 5.74) is 0. The summed E-state index contributed by atoms with van der Waals surface area (Å²) in [7, 11) is 0. The van der Waals surface area contributed by atoms with Crippen LogP contribution in [-0.2, 0) is 0 Å². The van der Waals surface area contributed by atoms with Crippen LogP contribution in [0, 0.1) is 5.92 Å². The van der Waals surface area contributed by atoms with Gasteiger partial charge in [0.1, 0.15) is 5.82 Å². The number of nitrogens with zero attached hydrogens (tertiary/aromatic N) is 2. The normalized spacial score (nSPS) is 26.4. The molecule has 2 rings (SSSR count). The molecule has 0 aliphatic heterocycles. The summed E-state index contributed by atoms with van der Waals surface area (Å²) in [5.74, 6) is 2.17. The van der Waals surface area contributed by atoms with Crippen molar-refractivity contribution in [3.8, 4) is 0 Å². The van der Waals surface area contributed by atoms with Crippen LogP contribution in [0.5, 0.6) is 0 Å². The maximum Gasteiger partial charge on any atom is 0.144 e. The molecule has 76 valence electrons. The highest BCUT2D eigenvalue weighted by atomic mass is 35.5. The fraction of sp³-hybridized carbons (Fsp3) is 0.600. The molecule has 2 atom stereocenters. The second kappa shape index (κ2) is 4.60. The molecule has 0 saturated heterocycles. The van der Waals surface area contributed by atoms with Gasteiger partial charge in [0.15, 0.2) is 0 Å². The first-order chi connectivity index (χ1) is 6.90. The number of anilines is 1. The lowest BCUT2D eigenvalue weighted by Gasteiger charge is -2.18. The van der Waals surface area contributed by atoms with Crippen molar-refractivity contribution in [2.45, 2.75) is 25.3 Å². The smallest absolute Gasteiger partial charge is 0.144 e. The van der Waals surface area contributed by atoms with E-state index >= 15 is 0 Å². The van der Waals surface area contributed by atoms with Crippen molar-refractivity contribution in [2.75, 3.05) is 11.2 Å². The van der Waals surface area contributed by atoms with Gasteiger partial charge in [0, 0.05) is 24.3 Å². The average Bonchev–Trinajstić information content (AvgIpc) is 2.67. The number of halogens is 1. The molecule has 0 amide bonds. The predicted molar refractivity (Wildman–Crippen MR) is 57.5 cm³/mol. The van der Waals surface area contributed by atoms with Crippen molar-refractivity contribution in [3.05, 3.63) is 18.6 Å². The van der Waals surface area contributed by atoms with Gasteiger partial charge in [0.05, 0.1) is 6.20 Å².